The highest BCUT2D eigenvalue weighted by Gasteiger charge is 2.03. The lowest BCUT2D eigenvalue weighted by atomic mass is 10.1. The van der Waals surface area contributed by atoms with Crippen molar-refractivity contribution in [1.82, 2.24) is 4.98 Å². The van der Waals surface area contributed by atoms with Gasteiger partial charge in [-0.3, -0.25) is 9.78 Å². The van der Waals surface area contributed by atoms with Gasteiger partial charge in [0.15, 0.2) is 6.29 Å². The van der Waals surface area contributed by atoms with Gasteiger partial charge < -0.3 is 0 Å². The van der Waals surface area contributed by atoms with Crippen LogP contribution in [0.4, 0.5) is 0 Å². The van der Waals surface area contributed by atoms with Crippen LogP contribution in [0.15, 0.2) is 24.3 Å². The molecule has 2 rings (SSSR count). The molecule has 2 nitrogen and oxygen atoms in total. The lowest BCUT2D eigenvalue weighted by Gasteiger charge is -2.02. The fraction of sp³-hybridized carbons (Fsp3) is 0.0909. The molecule has 1 aromatic carbocycles. The Morgan fingerprint density at radius 2 is 2.14 bits per heavy atom. The second-order valence-electron chi connectivity index (χ2n) is 3.13. The van der Waals surface area contributed by atoms with E-state index in [1.807, 2.05) is 13.0 Å². The third kappa shape index (κ3) is 1.49. The van der Waals surface area contributed by atoms with E-state index in [0.29, 0.717) is 10.6 Å². The van der Waals surface area contributed by atoms with Gasteiger partial charge in [-0.2, -0.15) is 0 Å². The number of fused-ring (bicyclic) bond motifs is 1. The van der Waals surface area contributed by atoms with E-state index in [1.165, 1.54) is 0 Å². The van der Waals surface area contributed by atoms with E-state index in [0.717, 1.165) is 22.9 Å². The number of benzene rings is 1. The standard InChI is InChI=1S/C11H8ClNO/c1-7-4-8(6-14)10-5-9(12)2-3-11(10)13-7/h2-6H,1H3. The topological polar surface area (TPSA) is 30.0 Å². The molecule has 1 aromatic heterocycles. The molecule has 3 heteroatoms. The number of nitrogens with zero attached hydrogens (tertiary/aromatic N) is 1. The normalized spacial score (nSPS) is 10.4. The highest BCUT2D eigenvalue weighted by molar-refractivity contribution is 6.31. The Morgan fingerprint density at radius 1 is 1.36 bits per heavy atom. The van der Waals surface area contributed by atoms with E-state index in [9.17, 15) is 4.79 Å². The Balaban J connectivity index is 2.88. The third-order valence-corrected chi connectivity index (χ3v) is 2.29. The number of aryl methyl sites for hydroxylation is 1. The Bertz CT molecular complexity index is 508. The summed E-state index contributed by atoms with van der Waals surface area (Å²) < 4.78 is 0. The quantitative estimate of drug-likeness (QED) is 0.670. The van der Waals surface area contributed by atoms with Crippen LogP contribution < -0.4 is 0 Å². The maximum atomic E-state index is 10.8. The zero-order chi connectivity index (χ0) is 10.1. The van der Waals surface area contributed by atoms with Crippen LogP contribution in [0.3, 0.4) is 0 Å². The lowest BCUT2D eigenvalue weighted by molar-refractivity contribution is 0.112. The highest BCUT2D eigenvalue weighted by Crippen LogP contribution is 2.21. The summed E-state index contributed by atoms with van der Waals surface area (Å²) in [6.07, 6.45) is 0.827. The van der Waals surface area contributed by atoms with Crippen LogP contribution >= 0.6 is 11.6 Å². The molecule has 70 valence electrons. The van der Waals surface area contributed by atoms with Crippen molar-refractivity contribution in [3.05, 3.63) is 40.5 Å². The minimum absolute atomic E-state index is 0.617. The van der Waals surface area contributed by atoms with Crippen molar-refractivity contribution in [3.8, 4) is 0 Å². The van der Waals surface area contributed by atoms with Gasteiger partial charge >= 0.3 is 0 Å². The number of hydrogen-bond donors (Lipinski definition) is 0. The molecule has 0 saturated carbocycles. The monoisotopic (exact) mass is 205 g/mol. The van der Waals surface area contributed by atoms with Crippen LogP contribution in [0.2, 0.25) is 5.02 Å². The first-order valence-corrected chi connectivity index (χ1v) is 4.60. The number of carbonyl (C=O) groups is 1. The van der Waals surface area contributed by atoms with Crippen molar-refractivity contribution in [2.75, 3.05) is 0 Å². The van der Waals surface area contributed by atoms with Crippen LogP contribution in [0.25, 0.3) is 10.9 Å². The molecule has 0 radical (unpaired) electrons. The molecule has 1 heterocycles. The van der Waals surface area contributed by atoms with Gasteiger partial charge in [-0.15, -0.1) is 0 Å². The van der Waals surface area contributed by atoms with Crippen molar-refractivity contribution >= 4 is 28.8 Å². The predicted octanol–water partition coefficient (Wildman–Crippen LogP) is 3.01. The summed E-state index contributed by atoms with van der Waals surface area (Å²) in [6, 6.07) is 7.10. The largest absolute Gasteiger partial charge is 0.298 e. The summed E-state index contributed by atoms with van der Waals surface area (Å²) in [5, 5.41) is 1.42. The number of carbonyl (C=O) groups excluding carboxylic acids is 1. The summed E-state index contributed by atoms with van der Waals surface area (Å²) >= 11 is 5.84. The molecular weight excluding hydrogens is 198 g/mol. The van der Waals surface area contributed by atoms with Gasteiger partial charge in [0.05, 0.1) is 5.52 Å². The molecule has 0 aliphatic rings. The van der Waals surface area contributed by atoms with Crippen molar-refractivity contribution < 1.29 is 4.79 Å². The number of pyridine rings is 1. The van der Waals surface area contributed by atoms with Crippen molar-refractivity contribution in [3.63, 3.8) is 0 Å². The molecule has 0 spiro atoms. The first-order chi connectivity index (χ1) is 6.70. The Morgan fingerprint density at radius 3 is 2.86 bits per heavy atom. The molecular formula is C11H8ClNO. The zero-order valence-electron chi connectivity index (χ0n) is 7.62. The van der Waals surface area contributed by atoms with Gasteiger partial charge in [-0.1, -0.05) is 11.6 Å². The summed E-state index contributed by atoms with van der Waals surface area (Å²) in [6.45, 7) is 1.86. The highest BCUT2D eigenvalue weighted by atomic mass is 35.5. The molecule has 0 atom stereocenters. The smallest absolute Gasteiger partial charge is 0.150 e. The van der Waals surface area contributed by atoms with Crippen molar-refractivity contribution in [1.29, 1.82) is 0 Å². The molecule has 0 N–H and O–H groups in total. The summed E-state index contributed by atoms with van der Waals surface area (Å²) in [5.74, 6) is 0. The SMILES string of the molecule is Cc1cc(C=O)c2cc(Cl)ccc2n1. The number of hydrogen-bond acceptors (Lipinski definition) is 2. The lowest BCUT2D eigenvalue weighted by Crippen LogP contribution is -1.90. The number of aromatic nitrogens is 1. The second-order valence-corrected chi connectivity index (χ2v) is 3.57. The van der Waals surface area contributed by atoms with Gasteiger partial charge in [0.25, 0.3) is 0 Å². The molecule has 0 aliphatic heterocycles. The number of aldehydes is 1. The van der Waals surface area contributed by atoms with E-state index in [4.69, 9.17) is 11.6 Å². The van der Waals surface area contributed by atoms with Crippen LogP contribution in [0.5, 0.6) is 0 Å². The average molecular weight is 206 g/mol. The zero-order valence-corrected chi connectivity index (χ0v) is 8.38. The molecule has 0 amide bonds. The van der Waals surface area contributed by atoms with Crippen LogP contribution in [0, 0.1) is 6.92 Å². The average Bonchev–Trinajstić information content (AvgIpc) is 2.17. The maximum absolute atomic E-state index is 10.8. The first kappa shape index (κ1) is 9.16. The van der Waals surface area contributed by atoms with E-state index >= 15 is 0 Å². The van der Waals surface area contributed by atoms with Gasteiger partial charge in [0.2, 0.25) is 0 Å². The minimum atomic E-state index is 0.617. The summed E-state index contributed by atoms with van der Waals surface area (Å²) in [4.78, 5) is 15.1. The van der Waals surface area contributed by atoms with Gasteiger partial charge in [0.1, 0.15) is 0 Å². The van der Waals surface area contributed by atoms with Crippen LogP contribution in [0.1, 0.15) is 16.1 Å². The van der Waals surface area contributed by atoms with Gasteiger partial charge in [0, 0.05) is 21.7 Å². The molecule has 2 aromatic rings. The predicted molar refractivity (Wildman–Crippen MR) is 56.9 cm³/mol. The molecule has 0 bridgehead atoms. The van der Waals surface area contributed by atoms with E-state index in [2.05, 4.69) is 4.98 Å². The Hall–Kier alpha value is -1.41. The van der Waals surface area contributed by atoms with Crippen LogP contribution in [-0.4, -0.2) is 11.3 Å². The van der Waals surface area contributed by atoms with E-state index in [1.54, 1.807) is 18.2 Å². The summed E-state index contributed by atoms with van der Waals surface area (Å²) in [7, 11) is 0. The van der Waals surface area contributed by atoms with Crippen LogP contribution in [-0.2, 0) is 0 Å². The fourth-order valence-electron chi connectivity index (χ4n) is 1.46. The Labute approximate surface area is 86.5 Å². The fourth-order valence-corrected chi connectivity index (χ4v) is 1.63. The van der Waals surface area contributed by atoms with E-state index in [-0.39, 0.29) is 0 Å². The maximum Gasteiger partial charge on any atom is 0.150 e. The number of halogens is 1. The second kappa shape index (κ2) is 3.39. The van der Waals surface area contributed by atoms with Crippen molar-refractivity contribution in [2.24, 2.45) is 0 Å². The van der Waals surface area contributed by atoms with Crippen molar-refractivity contribution in [2.45, 2.75) is 6.92 Å². The number of rotatable bonds is 1. The Kier molecular flexibility index (Phi) is 2.22. The summed E-state index contributed by atoms with van der Waals surface area (Å²) in [5.41, 5.74) is 2.27. The molecule has 14 heavy (non-hydrogen) atoms. The van der Waals surface area contributed by atoms with Gasteiger partial charge in [-0.05, 0) is 31.2 Å². The minimum Gasteiger partial charge on any atom is -0.298 e. The first-order valence-electron chi connectivity index (χ1n) is 4.23. The van der Waals surface area contributed by atoms with Gasteiger partial charge in [-0.25, -0.2) is 0 Å². The molecule has 0 aliphatic carbocycles. The molecule has 0 fully saturated rings. The molecule has 0 saturated heterocycles. The van der Waals surface area contributed by atoms with E-state index < -0.39 is 0 Å². The molecule has 0 unspecified atom stereocenters. The third-order valence-electron chi connectivity index (χ3n) is 2.06.